The van der Waals surface area contributed by atoms with Crippen molar-refractivity contribution in [2.24, 2.45) is 5.10 Å². The number of nitrogens with one attached hydrogen (secondary N) is 1. The lowest BCUT2D eigenvalue weighted by molar-refractivity contribution is 1.04. The molecule has 120 valence electrons. The van der Waals surface area contributed by atoms with Crippen LogP contribution in [0.4, 0.5) is 5.82 Å². The van der Waals surface area contributed by atoms with Gasteiger partial charge >= 0.3 is 0 Å². The van der Waals surface area contributed by atoms with Gasteiger partial charge in [-0.1, -0.05) is 78.9 Å². The Morgan fingerprint density at radius 2 is 1.48 bits per heavy atom. The molecule has 0 fully saturated rings. The maximum atomic E-state index is 4.29. The van der Waals surface area contributed by atoms with Crippen LogP contribution in [0.1, 0.15) is 5.56 Å². The van der Waals surface area contributed by atoms with Crippen LogP contribution in [0.15, 0.2) is 90.2 Å². The summed E-state index contributed by atoms with van der Waals surface area (Å²) in [6.07, 6.45) is 3.52. The van der Waals surface area contributed by atoms with E-state index in [4.69, 9.17) is 0 Å². The molecular weight excluding hydrogens is 308 g/mol. The number of anilines is 1. The number of nitrogens with zero attached hydrogens (tertiary/aromatic N) is 3. The summed E-state index contributed by atoms with van der Waals surface area (Å²) in [5, 5.41) is 14.4. The third-order valence-corrected chi connectivity index (χ3v) is 3.97. The zero-order valence-electron chi connectivity index (χ0n) is 13.5. The molecule has 0 aliphatic carbocycles. The summed E-state index contributed by atoms with van der Waals surface area (Å²) in [6.45, 7) is 0. The standard InChI is InChI=1S/C21H16N4/c1-2-6-17(7-3-1)18-12-10-16(11-13-18)14-22-24-21-20-9-5-4-8-19(20)15-23-25-21/h1-15H,(H,24,25)/b22-14-. The SMILES string of the molecule is C(=N/Nc1nncc2ccccc12)/c1ccc(-c2ccccc2)cc1. The van der Waals surface area contributed by atoms with E-state index >= 15 is 0 Å². The number of fused-ring (bicyclic) bond motifs is 1. The topological polar surface area (TPSA) is 50.2 Å². The highest BCUT2D eigenvalue weighted by Gasteiger charge is 2.01. The number of aromatic nitrogens is 2. The summed E-state index contributed by atoms with van der Waals surface area (Å²) in [5.74, 6) is 0.648. The Morgan fingerprint density at radius 1 is 0.760 bits per heavy atom. The summed E-state index contributed by atoms with van der Waals surface area (Å²) in [7, 11) is 0. The Balaban J connectivity index is 1.50. The molecule has 0 unspecified atom stereocenters. The van der Waals surface area contributed by atoms with Gasteiger partial charge in [-0.25, -0.2) is 0 Å². The number of benzene rings is 3. The van der Waals surface area contributed by atoms with Crippen molar-refractivity contribution < 1.29 is 0 Å². The first kappa shape index (κ1) is 15.0. The average Bonchev–Trinajstić information content (AvgIpc) is 2.69. The zero-order valence-corrected chi connectivity index (χ0v) is 13.5. The van der Waals surface area contributed by atoms with Gasteiger partial charge in [0.25, 0.3) is 0 Å². The molecule has 0 atom stereocenters. The molecule has 0 amide bonds. The minimum Gasteiger partial charge on any atom is -0.259 e. The van der Waals surface area contributed by atoms with Crippen molar-refractivity contribution in [1.29, 1.82) is 0 Å². The maximum Gasteiger partial charge on any atom is 0.176 e. The van der Waals surface area contributed by atoms with Crippen molar-refractivity contribution in [3.8, 4) is 11.1 Å². The quantitative estimate of drug-likeness (QED) is 0.435. The monoisotopic (exact) mass is 324 g/mol. The lowest BCUT2D eigenvalue weighted by Crippen LogP contribution is -1.96. The Hall–Kier alpha value is -3.53. The minimum absolute atomic E-state index is 0.648. The molecule has 25 heavy (non-hydrogen) atoms. The van der Waals surface area contributed by atoms with Crippen molar-refractivity contribution in [2.45, 2.75) is 0 Å². The number of rotatable bonds is 4. The van der Waals surface area contributed by atoms with Crippen LogP contribution in [0, 0.1) is 0 Å². The second kappa shape index (κ2) is 6.93. The van der Waals surface area contributed by atoms with E-state index in [1.807, 2.05) is 54.6 Å². The van der Waals surface area contributed by atoms with E-state index in [1.165, 1.54) is 11.1 Å². The number of hydrogen-bond acceptors (Lipinski definition) is 4. The van der Waals surface area contributed by atoms with Gasteiger partial charge in [0.05, 0.1) is 12.4 Å². The normalized spacial score (nSPS) is 11.0. The zero-order chi connectivity index (χ0) is 16.9. The summed E-state index contributed by atoms with van der Waals surface area (Å²) >= 11 is 0. The lowest BCUT2D eigenvalue weighted by Gasteiger charge is -2.03. The highest BCUT2D eigenvalue weighted by molar-refractivity contribution is 5.91. The van der Waals surface area contributed by atoms with Gasteiger partial charge in [-0.05, 0) is 16.7 Å². The molecule has 0 bridgehead atoms. The Labute approximate surface area is 145 Å². The van der Waals surface area contributed by atoms with Gasteiger partial charge in [-0.2, -0.15) is 10.2 Å². The summed E-state index contributed by atoms with van der Waals surface area (Å²) in [5.41, 5.74) is 6.38. The van der Waals surface area contributed by atoms with E-state index in [2.05, 4.69) is 45.0 Å². The average molecular weight is 324 g/mol. The molecule has 0 radical (unpaired) electrons. The molecule has 0 aliphatic rings. The van der Waals surface area contributed by atoms with E-state index < -0.39 is 0 Å². The van der Waals surface area contributed by atoms with E-state index in [-0.39, 0.29) is 0 Å². The van der Waals surface area contributed by atoms with Gasteiger partial charge in [-0.3, -0.25) is 5.43 Å². The van der Waals surface area contributed by atoms with Crippen LogP contribution in [0.5, 0.6) is 0 Å². The van der Waals surface area contributed by atoms with Crippen LogP contribution in [-0.4, -0.2) is 16.4 Å². The fourth-order valence-electron chi connectivity index (χ4n) is 2.67. The number of hydrazone groups is 1. The van der Waals surface area contributed by atoms with Crippen molar-refractivity contribution in [3.05, 3.63) is 90.6 Å². The second-order valence-corrected chi connectivity index (χ2v) is 5.64. The van der Waals surface area contributed by atoms with E-state index in [1.54, 1.807) is 12.4 Å². The van der Waals surface area contributed by atoms with Crippen molar-refractivity contribution in [1.82, 2.24) is 10.2 Å². The third kappa shape index (κ3) is 3.38. The van der Waals surface area contributed by atoms with Crippen LogP contribution >= 0.6 is 0 Å². The molecule has 0 saturated heterocycles. The molecule has 1 N–H and O–H groups in total. The molecule has 3 aromatic carbocycles. The fraction of sp³-hybridized carbons (Fsp3) is 0. The third-order valence-electron chi connectivity index (χ3n) is 3.97. The first-order valence-corrected chi connectivity index (χ1v) is 8.05. The summed E-state index contributed by atoms with van der Waals surface area (Å²) in [6, 6.07) is 26.5. The van der Waals surface area contributed by atoms with Gasteiger partial charge in [0.1, 0.15) is 0 Å². The number of hydrogen-bond donors (Lipinski definition) is 1. The molecule has 4 aromatic rings. The molecule has 1 aromatic heterocycles. The van der Waals surface area contributed by atoms with Crippen LogP contribution < -0.4 is 5.43 Å². The van der Waals surface area contributed by atoms with Crippen LogP contribution in [0.3, 0.4) is 0 Å². The molecule has 0 spiro atoms. The van der Waals surface area contributed by atoms with Crippen molar-refractivity contribution in [3.63, 3.8) is 0 Å². The maximum absolute atomic E-state index is 4.29. The Morgan fingerprint density at radius 3 is 2.32 bits per heavy atom. The molecule has 4 nitrogen and oxygen atoms in total. The summed E-state index contributed by atoms with van der Waals surface area (Å²) in [4.78, 5) is 0. The summed E-state index contributed by atoms with van der Waals surface area (Å²) < 4.78 is 0. The van der Waals surface area contributed by atoms with E-state index in [0.29, 0.717) is 5.82 Å². The molecule has 4 rings (SSSR count). The van der Waals surface area contributed by atoms with Gasteiger partial charge in [0.15, 0.2) is 5.82 Å². The first-order valence-electron chi connectivity index (χ1n) is 8.05. The predicted molar refractivity (Wildman–Crippen MR) is 103 cm³/mol. The highest BCUT2D eigenvalue weighted by atomic mass is 15.3. The largest absolute Gasteiger partial charge is 0.259 e. The van der Waals surface area contributed by atoms with Gasteiger partial charge < -0.3 is 0 Å². The predicted octanol–water partition coefficient (Wildman–Crippen LogP) is 4.74. The molecule has 0 saturated carbocycles. The van der Waals surface area contributed by atoms with Crippen molar-refractivity contribution >= 4 is 22.8 Å². The fourth-order valence-corrected chi connectivity index (χ4v) is 2.67. The highest BCUT2D eigenvalue weighted by Crippen LogP contribution is 2.20. The van der Waals surface area contributed by atoms with E-state index in [9.17, 15) is 0 Å². The first-order chi connectivity index (χ1) is 12.4. The second-order valence-electron chi connectivity index (χ2n) is 5.64. The van der Waals surface area contributed by atoms with Crippen LogP contribution in [0.2, 0.25) is 0 Å². The smallest absolute Gasteiger partial charge is 0.176 e. The molecule has 4 heteroatoms. The lowest BCUT2D eigenvalue weighted by atomic mass is 10.0. The van der Waals surface area contributed by atoms with Gasteiger partial charge in [0.2, 0.25) is 0 Å². The van der Waals surface area contributed by atoms with Gasteiger partial charge in [0, 0.05) is 10.8 Å². The van der Waals surface area contributed by atoms with Crippen LogP contribution in [-0.2, 0) is 0 Å². The Bertz CT molecular complexity index is 1000. The molecule has 1 heterocycles. The van der Waals surface area contributed by atoms with Crippen LogP contribution in [0.25, 0.3) is 21.9 Å². The van der Waals surface area contributed by atoms with Crippen molar-refractivity contribution in [2.75, 3.05) is 5.43 Å². The van der Waals surface area contributed by atoms with E-state index in [0.717, 1.165) is 16.3 Å². The van der Waals surface area contributed by atoms with Gasteiger partial charge in [-0.15, -0.1) is 5.10 Å². The molecule has 0 aliphatic heterocycles. The minimum atomic E-state index is 0.648. The molecular formula is C21H16N4. The Kier molecular flexibility index (Phi) is 4.16.